The fourth-order valence-electron chi connectivity index (χ4n) is 1.61. The lowest BCUT2D eigenvalue weighted by Crippen LogP contribution is -2.61. The standard InChI is InChI=1S/C11H16N2O3/c1-11(6-12-7-11)16-9-8(14-2)4-5-13-10(9)15-3/h4-5,12H,6-7H2,1-3H3. The molecule has 0 amide bonds. The number of aromatic nitrogens is 1. The van der Waals surface area contributed by atoms with Crippen molar-refractivity contribution in [1.82, 2.24) is 10.3 Å². The molecular weight excluding hydrogens is 208 g/mol. The van der Waals surface area contributed by atoms with Gasteiger partial charge in [-0.3, -0.25) is 0 Å². The minimum absolute atomic E-state index is 0.205. The van der Waals surface area contributed by atoms with Gasteiger partial charge in [0.1, 0.15) is 5.60 Å². The second kappa shape index (κ2) is 4.17. The fraction of sp³-hybridized carbons (Fsp3) is 0.545. The maximum Gasteiger partial charge on any atom is 0.260 e. The maximum absolute atomic E-state index is 5.91. The zero-order valence-electron chi connectivity index (χ0n) is 9.74. The molecule has 0 saturated carbocycles. The zero-order valence-corrected chi connectivity index (χ0v) is 9.74. The number of pyridine rings is 1. The van der Waals surface area contributed by atoms with E-state index in [0.717, 1.165) is 13.1 Å². The number of nitrogens with one attached hydrogen (secondary N) is 1. The third-order valence-electron chi connectivity index (χ3n) is 2.60. The van der Waals surface area contributed by atoms with Gasteiger partial charge in [-0.15, -0.1) is 0 Å². The van der Waals surface area contributed by atoms with Gasteiger partial charge in [0, 0.05) is 25.4 Å². The van der Waals surface area contributed by atoms with Crippen LogP contribution in [0.2, 0.25) is 0 Å². The van der Waals surface area contributed by atoms with Crippen molar-refractivity contribution in [2.75, 3.05) is 27.3 Å². The number of hydrogen-bond donors (Lipinski definition) is 1. The van der Waals surface area contributed by atoms with Gasteiger partial charge in [0.25, 0.3) is 5.88 Å². The smallest absolute Gasteiger partial charge is 0.260 e. The Kier molecular flexibility index (Phi) is 2.87. The van der Waals surface area contributed by atoms with Crippen molar-refractivity contribution < 1.29 is 14.2 Å². The molecule has 1 aliphatic rings. The van der Waals surface area contributed by atoms with E-state index in [9.17, 15) is 0 Å². The Morgan fingerprint density at radius 3 is 2.56 bits per heavy atom. The van der Waals surface area contributed by atoms with Crippen LogP contribution in [0.5, 0.6) is 17.4 Å². The van der Waals surface area contributed by atoms with Crippen LogP contribution >= 0.6 is 0 Å². The van der Waals surface area contributed by atoms with Crippen molar-refractivity contribution in [2.24, 2.45) is 0 Å². The van der Waals surface area contributed by atoms with Crippen LogP contribution in [0.4, 0.5) is 0 Å². The van der Waals surface area contributed by atoms with Crippen molar-refractivity contribution in [2.45, 2.75) is 12.5 Å². The van der Waals surface area contributed by atoms with Crippen molar-refractivity contribution in [3.8, 4) is 17.4 Å². The molecule has 0 aliphatic carbocycles. The number of methoxy groups -OCH3 is 2. The van der Waals surface area contributed by atoms with Gasteiger partial charge >= 0.3 is 0 Å². The molecule has 1 fully saturated rings. The topological polar surface area (TPSA) is 52.6 Å². The Labute approximate surface area is 94.7 Å². The summed E-state index contributed by atoms with van der Waals surface area (Å²) in [5.41, 5.74) is -0.205. The van der Waals surface area contributed by atoms with Crippen LogP contribution in [0.25, 0.3) is 0 Å². The molecule has 0 radical (unpaired) electrons. The SMILES string of the molecule is COc1ccnc(OC)c1OC1(C)CNC1. The van der Waals surface area contributed by atoms with Crippen LogP contribution in [-0.2, 0) is 0 Å². The Balaban J connectivity index is 2.29. The minimum atomic E-state index is -0.205. The number of ether oxygens (including phenoxy) is 3. The van der Waals surface area contributed by atoms with Gasteiger partial charge in [-0.1, -0.05) is 0 Å². The van der Waals surface area contributed by atoms with Crippen molar-refractivity contribution in [1.29, 1.82) is 0 Å². The normalized spacial score (nSPS) is 17.4. The van der Waals surface area contributed by atoms with Gasteiger partial charge in [0.05, 0.1) is 14.2 Å². The fourth-order valence-corrected chi connectivity index (χ4v) is 1.61. The maximum atomic E-state index is 5.91. The molecule has 5 heteroatoms. The molecule has 1 aromatic heterocycles. The molecule has 0 bridgehead atoms. The Bertz CT molecular complexity index is 355. The number of rotatable bonds is 4. The summed E-state index contributed by atoms with van der Waals surface area (Å²) in [6.45, 7) is 3.66. The van der Waals surface area contributed by atoms with E-state index in [-0.39, 0.29) is 5.60 Å². The number of hydrogen-bond acceptors (Lipinski definition) is 5. The average Bonchev–Trinajstić information content (AvgIpc) is 2.27. The lowest BCUT2D eigenvalue weighted by atomic mass is 10.00. The van der Waals surface area contributed by atoms with Gasteiger partial charge in [-0.2, -0.15) is 0 Å². The summed E-state index contributed by atoms with van der Waals surface area (Å²) in [5.74, 6) is 1.66. The lowest BCUT2D eigenvalue weighted by molar-refractivity contribution is 0.0291. The van der Waals surface area contributed by atoms with Crippen LogP contribution in [-0.4, -0.2) is 37.9 Å². The molecule has 2 rings (SSSR count). The van der Waals surface area contributed by atoms with Crippen molar-refractivity contribution >= 4 is 0 Å². The highest BCUT2D eigenvalue weighted by atomic mass is 16.6. The zero-order chi connectivity index (χ0) is 11.6. The minimum Gasteiger partial charge on any atom is -0.493 e. The third kappa shape index (κ3) is 1.90. The van der Waals surface area contributed by atoms with Gasteiger partial charge in [0.15, 0.2) is 5.75 Å². The Morgan fingerprint density at radius 1 is 1.31 bits per heavy atom. The highest BCUT2D eigenvalue weighted by Crippen LogP contribution is 2.37. The summed E-state index contributed by atoms with van der Waals surface area (Å²) >= 11 is 0. The molecule has 1 saturated heterocycles. The predicted molar refractivity (Wildman–Crippen MR) is 59.2 cm³/mol. The second-order valence-electron chi connectivity index (χ2n) is 4.01. The largest absolute Gasteiger partial charge is 0.493 e. The highest BCUT2D eigenvalue weighted by molar-refractivity contribution is 5.47. The van der Waals surface area contributed by atoms with Crippen LogP contribution in [0.3, 0.4) is 0 Å². The summed E-state index contributed by atoms with van der Waals surface area (Å²) < 4.78 is 16.3. The quantitative estimate of drug-likeness (QED) is 0.821. The average molecular weight is 224 g/mol. The molecule has 0 unspecified atom stereocenters. The first kappa shape index (κ1) is 11.0. The van der Waals surface area contributed by atoms with Crippen LogP contribution in [0.15, 0.2) is 12.3 Å². The van der Waals surface area contributed by atoms with E-state index in [4.69, 9.17) is 14.2 Å². The molecule has 0 spiro atoms. The molecule has 2 heterocycles. The first-order valence-corrected chi connectivity index (χ1v) is 5.15. The second-order valence-corrected chi connectivity index (χ2v) is 4.01. The predicted octanol–water partition coefficient (Wildman–Crippen LogP) is 0.839. The molecule has 88 valence electrons. The van der Waals surface area contributed by atoms with E-state index < -0.39 is 0 Å². The first-order chi connectivity index (χ1) is 7.68. The molecule has 1 aromatic rings. The van der Waals surface area contributed by atoms with Gasteiger partial charge in [-0.25, -0.2) is 4.98 Å². The van der Waals surface area contributed by atoms with Crippen LogP contribution in [0, 0.1) is 0 Å². The molecular formula is C11H16N2O3. The van der Waals surface area contributed by atoms with E-state index >= 15 is 0 Å². The van der Waals surface area contributed by atoms with Gasteiger partial charge in [0.2, 0.25) is 5.75 Å². The van der Waals surface area contributed by atoms with E-state index in [1.807, 2.05) is 6.92 Å². The van der Waals surface area contributed by atoms with E-state index in [0.29, 0.717) is 17.4 Å². The third-order valence-corrected chi connectivity index (χ3v) is 2.60. The lowest BCUT2D eigenvalue weighted by Gasteiger charge is -2.39. The van der Waals surface area contributed by atoms with E-state index in [1.54, 1.807) is 26.5 Å². The molecule has 0 atom stereocenters. The Morgan fingerprint density at radius 2 is 2.06 bits per heavy atom. The van der Waals surface area contributed by atoms with Crippen LogP contribution < -0.4 is 19.5 Å². The summed E-state index contributed by atoms with van der Waals surface area (Å²) in [6, 6.07) is 1.76. The van der Waals surface area contributed by atoms with Gasteiger partial charge < -0.3 is 19.5 Å². The summed E-state index contributed by atoms with van der Waals surface area (Å²) in [5, 5.41) is 3.17. The van der Waals surface area contributed by atoms with Gasteiger partial charge in [-0.05, 0) is 6.92 Å². The highest BCUT2D eigenvalue weighted by Gasteiger charge is 2.35. The first-order valence-electron chi connectivity index (χ1n) is 5.15. The molecule has 1 N–H and O–H groups in total. The monoisotopic (exact) mass is 224 g/mol. The van der Waals surface area contributed by atoms with E-state index in [2.05, 4.69) is 10.3 Å². The summed E-state index contributed by atoms with van der Waals surface area (Å²) in [4.78, 5) is 4.10. The molecule has 0 aromatic carbocycles. The Hall–Kier alpha value is -1.49. The van der Waals surface area contributed by atoms with E-state index in [1.165, 1.54) is 0 Å². The van der Waals surface area contributed by atoms with Crippen molar-refractivity contribution in [3.63, 3.8) is 0 Å². The molecule has 16 heavy (non-hydrogen) atoms. The van der Waals surface area contributed by atoms with Crippen molar-refractivity contribution in [3.05, 3.63) is 12.3 Å². The number of nitrogens with zero attached hydrogens (tertiary/aromatic N) is 1. The van der Waals surface area contributed by atoms with Crippen LogP contribution in [0.1, 0.15) is 6.92 Å². The molecule has 5 nitrogen and oxygen atoms in total. The summed E-state index contributed by atoms with van der Waals surface area (Å²) in [6.07, 6.45) is 1.63. The summed E-state index contributed by atoms with van der Waals surface area (Å²) in [7, 11) is 3.17. The molecule has 1 aliphatic heterocycles.